The van der Waals surface area contributed by atoms with E-state index in [-0.39, 0.29) is 29.5 Å². The van der Waals surface area contributed by atoms with Crippen LogP contribution in [0, 0.1) is 35.2 Å². The number of aliphatic carboxylic acids is 1. The molecular weight excluding hydrogens is 1120 g/mol. The van der Waals surface area contributed by atoms with Gasteiger partial charge in [0.15, 0.2) is 0 Å². The van der Waals surface area contributed by atoms with Crippen molar-refractivity contribution in [3.05, 3.63) is 134 Å². The molecule has 3 aromatic heterocycles. The van der Waals surface area contributed by atoms with E-state index in [4.69, 9.17) is 15.6 Å². The average molecular weight is 1200 g/mol. The summed E-state index contributed by atoms with van der Waals surface area (Å²) < 4.78 is 38.8. The van der Waals surface area contributed by atoms with E-state index in [0.717, 1.165) is 47.0 Å². The lowest BCUT2D eigenvalue weighted by atomic mass is 9.77. The summed E-state index contributed by atoms with van der Waals surface area (Å²) in [4.78, 5) is 58.8. The van der Waals surface area contributed by atoms with E-state index in [2.05, 4.69) is 74.6 Å². The highest BCUT2D eigenvalue weighted by molar-refractivity contribution is 7.13. The topological polar surface area (TPSA) is 201 Å². The highest BCUT2D eigenvalue weighted by Gasteiger charge is 2.37. The van der Waals surface area contributed by atoms with Crippen molar-refractivity contribution in [1.29, 1.82) is 0 Å². The summed E-state index contributed by atoms with van der Waals surface area (Å²) in [6.45, 7) is 29.7. The van der Waals surface area contributed by atoms with E-state index >= 15 is 0 Å². The lowest BCUT2D eigenvalue weighted by Crippen LogP contribution is -2.50. The van der Waals surface area contributed by atoms with Gasteiger partial charge in [0.2, 0.25) is 11.8 Å². The minimum atomic E-state index is -1.02. The van der Waals surface area contributed by atoms with Crippen molar-refractivity contribution >= 4 is 51.8 Å². The summed E-state index contributed by atoms with van der Waals surface area (Å²) in [7, 11) is 0. The highest BCUT2D eigenvalue weighted by atomic mass is 32.1. The maximum Gasteiger partial charge on any atom is 0.315 e. The van der Waals surface area contributed by atoms with Crippen molar-refractivity contribution < 1.29 is 37.8 Å². The third-order valence-corrected chi connectivity index (χ3v) is 18.6. The number of carbonyl (C=O) groups is 3. The zero-order valence-electron chi connectivity index (χ0n) is 49.6. The Morgan fingerprint density at radius 2 is 1.05 bits per heavy atom. The van der Waals surface area contributed by atoms with Crippen LogP contribution in [0.1, 0.15) is 125 Å². The number of carboxylic acids is 1. The number of carboxylic acid groups (broad SMARTS) is 1. The Kier molecular flexibility index (Phi) is 23.7. The predicted octanol–water partition coefficient (Wildman–Crippen LogP) is 13.6. The van der Waals surface area contributed by atoms with Crippen LogP contribution in [-0.4, -0.2) is 122 Å². The van der Waals surface area contributed by atoms with Crippen LogP contribution in [-0.2, 0) is 30.8 Å². The van der Waals surface area contributed by atoms with E-state index in [1.165, 1.54) is 122 Å². The van der Waals surface area contributed by atoms with E-state index < -0.39 is 28.2 Å². The van der Waals surface area contributed by atoms with Crippen molar-refractivity contribution in [2.45, 2.75) is 143 Å². The molecule has 2 unspecified atom stereocenters. The molecule has 0 spiro atoms. The lowest BCUT2D eigenvalue weighted by Gasteiger charge is -2.44. The van der Waals surface area contributed by atoms with Gasteiger partial charge in [0.05, 0.1) is 34.1 Å². The van der Waals surface area contributed by atoms with Crippen LogP contribution < -0.4 is 5.32 Å². The molecule has 21 heteroatoms. The summed E-state index contributed by atoms with van der Waals surface area (Å²) in [6, 6.07) is 19.7. The number of azide groups is 1. The number of benzene rings is 3. The molecule has 448 valence electrons. The second kappa shape index (κ2) is 29.8. The molecule has 6 saturated heterocycles. The number of aromatic nitrogens is 3. The van der Waals surface area contributed by atoms with Crippen LogP contribution in [0.5, 0.6) is 0 Å². The van der Waals surface area contributed by atoms with Gasteiger partial charge in [-0.3, -0.25) is 19.3 Å². The molecule has 9 heterocycles. The number of aliphatic hydroxyl groups excluding tert-OH is 1. The average Bonchev–Trinajstić information content (AvgIpc) is 4.51. The molecule has 0 radical (unpaired) electrons. The lowest BCUT2D eigenvalue weighted by molar-refractivity contribution is -0.142. The van der Waals surface area contributed by atoms with Gasteiger partial charge in [-0.05, 0) is 229 Å². The fraction of sp³-hybridized carbons (Fsp3) is 0.516. The molecule has 12 rings (SSSR count). The zero-order chi connectivity index (χ0) is 60.8. The molecule has 83 heavy (non-hydrogen) atoms. The molecule has 0 aliphatic carbocycles. The first-order chi connectivity index (χ1) is 39.2. The molecule has 6 aliphatic heterocycles. The summed E-state index contributed by atoms with van der Waals surface area (Å²) >= 11 is 4.22. The quantitative estimate of drug-likeness (QED) is 0.0532. The van der Waals surface area contributed by atoms with Crippen molar-refractivity contribution in [2.24, 2.45) is 22.9 Å². The Labute approximate surface area is 499 Å². The van der Waals surface area contributed by atoms with Crippen molar-refractivity contribution in [1.82, 2.24) is 35.0 Å². The van der Waals surface area contributed by atoms with E-state index in [0.29, 0.717) is 57.7 Å². The number of carbonyl (C=O) groups excluding carboxylic acids is 2. The Morgan fingerprint density at radius 3 is 1.36 bits per heavy atom. The number of piperidine rings is 6. The fourth-order valence-corrected chi connectivity index (χ4v) is 13.5. The van der Waals surface area contributed by atoms with E-state index in [1.54, 1.807) is 74.9 Å². The molecule has 3 aromatic carbocycles. The number of halogens is 3. The smallest absolute Gasteiger partial charge is 0.315 e. The zero-order valence-corrected chi connectivity index (χ0v) is 52.1. The first-order valence-electron chi connectivity index (χ1n) is 28.4. The third kappa shape index (κ3) is 18.3. The first kappa shape index (κ1) is 66.2. The Hall–Kier alpha value is -5.90. The van der Waals surface area contributed by atoms with Gasteiger partial charge in [0.1, 0.15) is 37.9 Å². The monoisotopic (exact) mass is 1200 g/mol. The van der Waals surface area contributed by atoms with Gasteiger partial charge in [0, 0.05) is 69.3 Å². The normalized spacial score (nSPS) is 19.9. The molecule has 6 fully saturated rings. The van der Waals surface area contributed by atoms with Crippen LogP contribution in [0.15, 0.2) is 94.1 Å². The molecule has 0 saturated carbocycles. The van der Waals surface area contributed by atoms with Crippen molar-refractivity contribution in [3.63, 3.8) is 0 Å². The number of thiazole rings is 3. The highest BCUT2D eigenvalue weighted by Crippen LogP contribution is 2.36. The number of nitrogens with zero attached hydrogens (tertiary/aromatic N) is 9. The summed E-state index contributed by atoms with van der Waals surface area (Å²) in [6.07, 6.45) is 5.50. The van der Waals surface area contributed by atoms with Crippen molar-refractivity contribution in [2.75, 3.05) is 45.8 Å². The second-order valence-corrected chi connectivity index (χ2v) is 26.3. The van der Waals surface area contributed by atoms with E-state index in [1.807, 2.05) is 19.2 Å². The van der Waals surface area contributed by atoms with E-state index in [9.17, 15) is 32.7 Å². The van der Waals surface area contributed by atoms with Gasteiger partial charge in [0.25, 0.3) is 0 Å². The predicted molar refractivity (Wildman–Crippen MR) is 327 cm³/mol. The van der Waals surface area contributed by atoms with Crippen LogP contribution >= 0.6 is 34.0 Å². The van der Waals surface area contributed by atoms with Crippen LogP contribution in [0.4, 0.5) is 13.2 Å². The standard InChI is InChI=1S/C21H26FN3OS.C13H11FN4OS.C13H12FNO2S.C8H19N.C7H13NO/c1-21(2,18-13-27-20(23-18)15-3-5-17(22)6-4-15)24-19(26)11-16-12-25-9-7-14(16)8-10-25;1-13(2,12(19)17-18-15)10-7-20-11(16-10)8-3-5-9(14)6-4-8;1-13(2,12(16)17)10-7-18-11(15-10)8-3-5-9(14)6-4-8;1-6-9(7(2)3)8(4)5;9-7-5-8-3-1-6(7)2-4-8/h3-6,13-14,16H,7-12H2,1-2H3,(H,24,26);3-7H,1-2H3;3-7H,1-2H3,(H,16,17);7-8H,6H2,1-5H3;6-7,9H,1-5H2. The maximum atomic E-state index is 13.1. The minimum absolute atomic E-state index is 0.00694. The van der Waals surface area contributed by atoms with Crippen molar-refractivity contribution in [3.8, 4) is 31.7 Å². The summed E-state index contributed by atoms with van der Waals surface area (Å²) in [5.74, 6) is -0.456. The number of rotatable bonds is 14. The largest absolute Gasteiger partial charge is 0.481 e. The van der Waals surface area contributed by atoms with Gasteiger partial charge >= 0.3 is 5.97 Å². The molecule has 6 aromatic rings. The van der Waals surface area contributed by atoms with Crippen LogP contribution in [0.2, 0.25) is 0 Å². The Bertz CT molecular complexity index is 3080. The molecule has 2 atom stereocenters. The first-order valence-corrected chi connectivity index (χ1v) is 31.0. The molecule has 4 bridgehead atoms. The van der Waals surface area contributed by atoms with Gasteiger partial charge in [-0.15, -0.1) is 34.0 Å². The molecule has 6 aliphatic rings. The third-order valence-electron chi connectivity index (χ3n) is 15.9. The van der Waals surface area contributed by atoms with Gasteiger partial charge in [-0.2, -0.15) is 0 Å². The maximum absolute atomic E-state index is 13.1. The summed E-state index contributed by atoms with van der Waals surface area (Å²) in [5, 5.41) is 32.4. The molecule has 15 nitrogen and oxygen atoms in total. The van der Waals surface area contributed by atoms with Crippen LogP contribution in [0.25, 0.3) is 42.2 Å². The minimum Gasteiger partial charge on any atom is -0.481 e. The Morgan fingerprint density at radius 1 is 0.663 bits per heavy atom. The number of hydrogen-bond acceptors (Lipinski definition) is 13. The molecular formula is C62H81F3N10O5S3. The molecule has 2 amide bonds. The number of fused-ring (bicyclic) bond motifs is 6. The Balaban J connectivity index is 0.000000177. The fourth-order valence-electron chi connectivity index (χ4n) is 10.5. The van der Waals surface area contributed by atoms with Gasteiger partial charge < -0.3 is 25.3 Å². The number of amides is 2. The van der Waals surface area contributed by atoms with Gasteiger partial charge in [-0.1, -0.05) is 6.92 Å². The number of nitrogens with one attached hydrogen (secondary N) is 1. The van der Waals surface area contributed by atoms with Gasteiger partial charge in [-0.25, -0.2) is 28.1 Å². The van der Waals surface area contributed by atoms with Crippen LogP contribution in [0.3, 0.4) is 0 Å². The SMILES string of the molecule is CC(C)(C(=O)N=[N+]=[N-])c1csc(-c2ccc(F)cc2)n1.CC(C)(C(=O)O)c1csc(-c2ccc(F)cc2)n1.CC(C)(NC(=O)CC1CN2CCC1CC2)c1csc(-c2ccc(F)cc2)n1.CCN(C(C)C)C(C)C.OC1CN2CCC1CC2. The second-order valence-electron chi connectivity index (χ2n) is 23.7. The number of aliphatic hydroxyl groups is 1. The number of hydrogen-bond donors (Lipinski definition) is 3. The summed E-state index contributed by atoms with van der Waals surface area (Å²) in [5.41, 5.74) is 10.1. The molecule has 3 N–H and O–H groups in total.